The number of carbonyl (C=O) groups excluding carboxylic acids is 2. The second kappa shape index (κ2) is 13.2. The SMILES string of the molecule is C=C(c1c(C(=O)N(N)Cc2ccc(F)cc2CCl)c(OC)c2n1[C@@H](C)CN(CC)C2=O)N(C)S(=O)(=O)CCCCO. The fourth-order valence-corrected chi connectivity index (χ4v) is 6.43. The third-order valence-electron chi connectivity index (χ3n) is 7.17. The van der Waals surface area contributed by atoms with Crippen molar-refractivity contribution in [1.29, 1.82) is 0 Å². The van der Waals surface area contributed by atoms with Crippen molar-refractivity contribution in [2.75, 3.05) is 39.6 Å². The van der Waals surface area contributed by atoms with E-state index in [0.717, 1.165) is 9.31 Å². The Hall–Kier alpha value is -3.13. The lowest BCUT2D eigenvalue weighted by molar-refractivity contribution is 0.0681. The van der Waals surface area contributed by atoms with Gasteiger partial charge in [-0.25, -0.2) is 18.7 Å². The number of rotatable bonds is 13. The quantitative estimate of drug-likeness (QED) is 0.116. The summed E-state index contributed by atoms with van der Waals surface area (Å²) in [7, 11) is -1.28. The summed E-state index contributed by atoms with van der Waals surface area (Å²) < 4.78 is 48.3. The summed E-state index contributed by atoms with van der Waals surface area (Å²) in [5, 5.41) is 9.97. The number of aliphatic hydroxyl groups excluding tert-OH is 1. The van der Waals surface area contributed by atoms with Crippen LogP contribution in [-0.4, -0.2) is 83.7 Å². The highest BCUT2D eigenvalue weighted by atomic mass is 35.5. The van der Waals surface area contributed by atoms with Gasteiger partial charge in [0.1, 0.15) is 11.4 Å². The van der Waals surface area contributed by atoms with E-state index in [1.165, 1.54) is 32.4 Å². The van der Waals surface area contributed by atoms with Crippen molar-refractivity contribution < 1.29 is 32.2 Å². The maximum atomic E-state index is 14.0. The van der Waals surface area contributed by atoms with Crippen molar-refractivity contribution >= 4 is 39.1 Å². The predicted octanol–water partition coefficient (Wildman–Crippen LogP) is 2.93. The van der Waals surface area contributed by atoms with Gasteiger partial charge in [-0.3, -0.25) is 18.9 Å². The predicted molar refractivity (Wildman–Crippen MR) is 154 cm³/mol. The van der Waals surface area contributed by atoms with Crippen molar-refractivity contribution in [3.05, 3.63) is 58.7 Å². The maximum absolute atomic E-state index is 14.0. The smallest absolute Gasteiger partial charge is 0.274 e. The number of hydrogen-bond donors (Lipinski definition) is 2. The molecule has 1 atom stereocenters. The van der Waals surface area contributed by atoms with E-state index in [0.29, 0.717) is 30.6 Å². The van der Waals surface area contributed by atoms with Crippen LogP contribution in [0, 0.1) is 5.82 Å². The molecule has 2 aromatic rings. The van der Waals surface area contributed by atoms with Gasteiger partial charge in [-0.2, -0.15) is 0 Å². The number of unbranched alkanes of at least 4 members (excludes halogenated alkanes) is 1. The number of likely N-dealkylation sites (N-methyl/N-ethyl adjacent to an activating group) is 1. The lowest BCUT2D eigenvalue weighted by Gasteiger charge is -2.34. The van der Waals surface area contributed by atoms with Crippen molar-refractivity contribution in [3.63, 3.8) is 0 Å². The Labute approximate surface area is 244 Å². The molecular formula is C27H37ClFN5O6S. The summed E-state index contributed by atoms with van der Waals surface area (Å²) in [5.74, 6) is 4.28. The van der Waals surface area contributed by atoms with E-state index in [1.807, 2.05) is 13.8 Å². The van der Waals surface area contributed by atoms with Gasteiger partial charge in [0.05, 0.1) is 30.8 Å². The lowest BCUT2D eigenvalue weighted by atomic mass is 10.1. The molecule has 1 aromatic carbocycles. The van der Waals surface area contributed by atoms with E-state index < -0.39 is 27.7 Å². The molecule has 0 fully saturated rings. The lowest BCUT2D eigenvalue weighted by Crippen LogP contribution is -2.42. The van der Waals surface area contributed by atoms with Gasteiger partial charge < -0.3 is 19.3 Å². The van der Waals surface area contributed by atoms with Crippen LogP contribution in [0.15, 0.2) is 24.8 Å². The highest BCUT2D eigenvalue weighted by molar-refractivity contribution is 7.89. The van der Waals surface area contributed by atoms with Crippen LogP contribution in [0.3, 0.4) is 0 Å². The van der Waals surface area contributed by atoms with Crippen LogP contribution >= 0.6 is 11.6 Å². The van der Waals surface area contributed by atoms with Crippen molar-refractivity contribution in [2.24, 2.45) is 5.84 Å². The maximum Gasteiger partial charge on any atom is 0.274 e. The molecule has 0 aliphatic carbocycles. The molecule has 14 heteroatoms. The Morgan fingerprint density at radius 1 is 1.32 bits per heavy atom. The first-order chi connectivity index (χ1) is 19.3. The van der Waals surface area contributed by atoms with Gasteiger partial charge in [0.15, 0.2) is 11.4 Å². The van der Waals surface area contributed by atoms with Crippen LogP contribution in [0.4, 0.5) is 4.39 Å². The zero-order valence-corrected chi connectivity index (χ0v) is 25.3. The average molecular weight is 614 g/mol. The van der Waals surface area contributed by atoms with Crippen LogP contribution < -0.4 is 10.6 Å². The number of fused-ring (bicyclic) bond motifs is 1. The largest absolute Gasteiger partial charge is 0.493 e. The molecule has 0 saturated carbocycles. The minimum Gasteiger partial charge on any atom is -0.493 e. The Bertz CT molecular complexity index is 1430. The number of ether oxygens (including phenoxy) is 1. The molecule has 1 aliphatic heterocycles. The molecule has 3 N–H and O–H groups in total. The van der Waals surface area contributed by atoms with E-state index in [2.05, 4.69) is 6.58 Å². The number of hydrazine groups is 1. The summed E-state index contributed by atoms with van der Waals surface area (Å²) >= 11 is 5.99. The fraction of sp³-hybridized carbons (Fsp3) is 0.481. The van der Waals surface area contributed by atoms with Crippen LogP contribution in [0.2, 0.25) is 0 Å². The van der Waals surface area contributed by atoms with Gasteiger partial charge in [-0.1, -0.05) is 12.6 Å². The third kappa shape index (κ3) is 6.37. The summed E-state index contributed by atoms with van der Waals surface area (Å²) in [6.45, 7) is 8.09. The van der Waals surface area contributed by atoms with Crippen LogP contribution in [-0.2, 0) is 22.4 Å². The van der Waals surface area contributed by atoms with Gasteiger partial charge >= 0.3 is 0 Å². The average Bonchev–Trinajstić information content (AvgIpc) is 3.30. The molecule has 0 unspecified atom stereocenters. The van der Waals surface area contributed by atoms with Gasteiger partial charge in [0.25, 0.3) is 11.8 Å². The normalized spacial score (nSPS) is 15.1. The number of aromatic nitrogens is 1. The third-order valence-corrected chi connectivity index (χ3v) is 9.32. The number of halogens is 2. The molecule has 1 aliphatic rings. The zero-order valence-electron chi connectivity index (χ0n) is 23.7. The molecule has 2 amide bonds. The van der Waals surface area contributed by atoms with Gasteiger partial charge in [0.2, 0.25) is 10.0 Å². The summed E-state index contributed by atoms with van der Waals surface area (Å²) in [6, 6.07) is 3.58. The molecule has 1 aromatic heterocycles. The Morgan fingerprint density at radius 2 is 2.00 bits per heavy atom. The molecule has 0 spiro atoms. The molecular weight excluding hydrogens is 577 g/mol. The second-order valence-electron chi connectivity index (χ2n) is 9.81. The number of methoxy groups -OCH3 is 1. The number of carbonyl (C=O) groups is 2. The molecule has 3 rings (SSSR count). The number of nitrogens with zero attached hydrogens (tertiary/aromatic N) is 4. The Morgan fingerprint density at radius 3 is 2.59 bits per heavy atom. The number of amides is 2. The molecule has 11 nitrogen and oxygen atoms in total. The standard InChI is InChI=1S/C27H37ClFN5O6S/c1-6-32-15-17(2)34-23(18(3)31(4)41(38,39)12-8-7-11-35)22(25(40-5)24(34)27(32)37)26(36)33(30)16-19-9-10-21(29)13-20(19)14-28/h9-10,13,17,35H,3,6-8,11-12,14-16,30H2,1-2,4-5H3/t17-/m0/s1. The van der Waals surface area contributed by atoms with Crippen LogP contribution in [0.5, 0.6) is 5.75 Å². The fourth-order valence-electron chi connectivity index (χ4n) is 4.92. The van der Waals surface area contributed by atoms with E-state index >= 15 is 0 Å². The number of benzene rings is 1. The van der Waals surface area contributed by atoms with E-state index in [-0.39, 0.29) is 65.6 Å². The van der Waals surface area contributed by atoms with Crippen molar-refractivity contribution in [2.45, 2.75) is 45.2 Å². The van der Waals surface area contributed by atoms with Gasteiger partial charge in [0, 0.05) is 38.7 Å². The van der Waals surface area contributed by atoms with Gasteiger partial charge in [-0.15, -0.1) is 11.6 Å². The van der Waals surface area contributed by atoms with Crippen LogP contribution in [0.25, 0.3) is 5.70 Å². The molecule has 0 radical (unpaired) electrons. The Balaban J connectivity index is 2.19. The first-order valence-corrected chi connectivity index (χ1v) is 15.3. The molecule has 2 heterocycles. The summed E-state index contributed by atoms with van der Waals surface area (Å²) in [4.78, 5) is 29.2. The number of aliphatic hydroxyl groups is 1. The monoisotopic (exact) mass is 613 g/mol. The number of alkyl halides is 1. The Kier molecular flexibility index (Phi) is 10.5. The van der Waals surface area contributed by atoms with Crippen LogP contribution in [0.1, 0.15) is 70.4 Å². The summed E-state index contributed by atoms with van der Waals surface area (Å²) in [6.07, 6.45) is 0.515. The molecule has 0 saturated heterocycles. The first-order valence-electron chi connectivity index (χ1n) is 13.1. The number of sulfonamides is 1. The highest BCUT2D eigenvalue weighted by Crippen LogP contribution is 2.41. The first kappa shape index (κ1) is 32.4. The van der Waals surface area contributed by atoms with E-state index in [1.54, 1.807) is 9.47 Å². The number of nitrogens with two attached hydrogens (primary N) is 1. The van der Waals surface area contributed by atoms with E-state index in [4.69, 9.17) is 27.3 Å². The minimum atomic E-state index is -3.91. The number of hydrogen-bond acceptors (Lipinski definition) is 7. The minimum absolute atomic E-state index is 0.0150. The van der Waals surface area contributed by atoms with Gasteiger partial charge in [-0.05, 0) is 49.9 Å². The van der Waals surface area contributed by atoms with Crippen molar-refractivity contribution in [1.82, 2.24) is 18.8 Å². The molecule has 41 heavy (non-hydrogen) atoms. The molecule has 0 bridgehead atoms. The van der Waals surface area contributed by atoms with Crippen molar-refractivity contribution in [3.8, 4) is 5.75 Å². The molecule has 226 valence electrons. The second-order valence-corrected chi connectivity index (χ2v) is 12.2. The highest BCUT2D eigenvalue weighted by Gasteiger charge is 2.41. The topological polar surface area (TPSA) is 138 Å². The van der Waals surface area contributed by atoms with E-state index in [9.17, 15) is 22.4 Å². The zero-order chi connectivity index (χ0) is 30.6. The summed E-state index contributed by atoms with van der Waals surface area (Å²) in [5.41, 5.74) is 0.932.